The molecule has 1 amide bonds. The summed E-state index contributed by atoms with van der Waals surface area (Å²) in [6.45, 7) is 13.5. The summed E-state index contributed by atoms with van der Waals surface area (Å²) in [6, 6.07) is 17.0. The van der Waals surface area contributed by atoms with Gasteiger partial charge in [0.05, 0.1) is 19.8 Å². The average molecular weight is 424 g/mol. The lowest BCUT2D eigenvalue weighted by Gasteiger charge is -2.26. The molecule has 2 aromatic rings. The normalized spacial score (nSPS) is 15.9. The van der Waals surface area contributed by atoms with Crippen LogP contribution in [0.4, 0.5) is 5.69 Å². The molecule has 1 heterocycles. The standard InChI is InChI=1S/C26H37N3O2/c1-19(2)22-7-9-23(10-8-22)26(20(3)4)27-17-25(30)28-24-11-5-21(6-12-24)18-29-13-15-31-16-14-29/h5-12,19-20,26-27H,13-18H2,1-4H3,(H,28,30)/t26-/m1/s1. The fourth-order valence-electron chi connectivity index (χ4n) is 3.95. The molecule has 0 saturated carbocycles. The van der Waals surface area contributed by atoms with E-state index in [1.54, 1.807) is 0 Å². The minimum absolute atomic E-state index is 0.0228. The van der Waals surface area contributed by atoms with E-state index in [0.29, 0.717) is 11.8 Å². The number of hydrogen-bond donors (Lipinski definition) is 2. The Labute approximate surface area is 187 Å². The Balaban J connectivity index is 1.50. The number of amides is 1. The molecule has 0 aromatic heterocycles. The molecule has 1 saturated heterocycles. The van der Waals surface area contributed by atoms with Gasteiger partial charge in [-0.05, 0) is 40.7 Å². The number of nitrogens with one attached hydrogen (secondary N) is 2. The predicted molar refractivity (Wildman–Crippen MR) is 127 cm³/mol. The zero-order chi connectivity index (χ0) is 22.2. The van der Waals surface area contributed by atoms with Gasteiger partial charge in [0.25, 0.3) is 0 Å². The van der Waals surface area contributed by atoms with Gasteiger partial charge in [-0.3, -0.25) is 9.69 Å². The van der Waals surface area contributed by atoms with Crippen molar-refractivity contribution in [1.82, 2.24) is 10.2 Å². The lowest BCUT2D eigenvalue weighted by atomic mass is 9.93. The van der Waals surface area contributed by atoms with Gasteiger partial charge in [0, 0.05) is 31.4 Å². The first-order chi connectivity index (χ1) is 14.9. The lowest BCUT2D eigenvalue weighted by Crippen LogP contribution is -2.35. The Hall–Kier alpha value is -2.21. The largest absolute Gasteiger partial charge is 0.379 e. The molecule has 1 atom stereocenters. The van der Waals surface area contributed by atoms with E-state index in [-0.39, 0.29) is 18.5 Å². The first-order valence-electron chi connectivity index (χ1n) is 11.4. The van der Waals surface area contributed by atoms with E-state index in [0.717, 1.165) is 38.5 Å². The summed E-state index contributed by atoms with van der Waals surface area (Å²) >= 11 is 0. The van der Waals surface area contributed by atoms with Crippen molar-refractivity contribution in [2.24, 2.45) is 5.92 Å². The number of ether oxygens (including phenoxy) is 1. The Bertz CT molecular complexity index is 810. The van der Waals surface area contributed by atoms with Crippen molar-refractivity contribution in [3.63, 3.8) is 0 Å². The highest BCUT2D eigenvalue weighted by Crippen LogP contribution is 2.24. The maximum absolute atomic E-state index is 12.5. The second-order valence-electron chi connectivity index (χ2n) is 9.06. The van der Waals surface area contributed by atoms with E-state index in [2.05, 4.69) is 79.6 Å². The molecule has 3 rings (SSSR count). The Kier molecular flexibility index (Phi) is 8.64. The van der Waals surface area contributed by atoms with Gasteiger partial charge >= 0.3 is 0 Å². The third-order valence-corrected chi connectivity index (χ3v) is 5.86. The highest BCUT2D eigenvalue weighted by Gasteiger charge is 2.17. The number of benzene rings is 2. The Morgan fingerprint density at radius 3 is 2.13 bits per heavy atom. The van der Waals surface area contributed by atoms with Gasteiger partial charge in [0.1, 0.15) is 0 Å². The van der Waals surface area contributed by atoms with Crippen LogP contribution in [0.2, 0.25) is 0 Å². The van der Waals surface area contributed by atoms with Crippen molar-refractivity contribution in [1.29, 1.82) is 0 Å². The summed E-state index contributed by atoms with van der Waals surface area (Å²) in [7, 11) is 0. The van der Waals surface area contributed by atoms with Crippen molar-refractivity contribution in [3.8, 4) is 0 Å². The molecule has 1 aliphatic heterocycles. The fraction of sp³-hybridized carbons (Fsp3) is 0.500. The summed E-state index contributed by atoms with van der Waals surface area (Å²) < 4.78 is 5.40. The first kappa shape index (κ1) is 23.5. The molecular weight excluding hydrogens is 386 g/mol. The number of carbonyl (C=O) groups is 1. The van der Waals surface area contributed by atoms with Gasteiger partial charge < -0.3 is 15.4 Å². The molecule has 0 spiro atoms. The van der Waals surface area contributed by atoms with Gasteiger partial charge in [-0.25, -0.2) is 0 Å². The predicted octanol–water partition coefficient (Wildman–Crippen LogP) is 4.57. The van der Waals surface area contributed by atoms with Crippen LogP contribution in [-0.4, -0.2) is 43.7 Å². The van der Waals surface area contributed by atoms with Crippen LogP contribution in [0.1, 0.15) is 56.3 Å². The van der Waals surface area contributed by atoms with Gasteiger partial charge in [-0.15, -0.1) is 0 Å². The van der Waals surface area contributed by atoms with Gasteiger partial charge in [0.2, 0.25) is 5.91 Å². The number of morpholine rings is 1. The van der Waals surface area contributed by atoms with Crippen molar-refractivity contribution in [2.75, 3.05) is 38.2 Å². The summed E-state index contributed by atoms with van der Waals surface area (Å²) in [6.07, 6.45) is 0. The van der Waals surface area contributed by atoms with E-state index < -0.39 is 0 Å². The van der Waals surface area contributed by atoms with Gasteiger partial charge in [-0.2, -0.15) is 0 Å². The highest BCUT2D eigenvalue weighted by atomic mass is 16.5. The summed E-state index contributed by atoms with van der Waals surface area (Å²) in [5.41, 5.74) is 4.64. The van der Waals surface area contributed by atoms with Crippen molar-refractivity contribution in [2.45, 2.75) is 46.2 Å². The van der Waals surface area contributed by atoms with Crippen LogP contribution in [0.25, 0.3) is 0 Å². The van der Waals surface area contributed by atoms with Crippen LogP contribution < -0.4 is 10.6 Å². The molecule has 31 heavy (non-hydrogen) atoms. The minimum atomic E-state index is -0.0228. The zero-order valence-electron chi connectivity index (χ0n) is 19.4. The molecule has 5 nitrogen and oxygen atoms in total. The third kappa shape index (κ3) is 7.17. The van der Waals surface area contributed by atoms with E-state index in [4.69, 9.17) is 4.74 Å². The molecule has 1 aliphatic rings. The van der Waals surface area contributed by atoms with Gasteiger partial charge in [0.15, 0.2) is 0 Å². The molecule has 5 heteroatoms. The molecule has 0 aliphatic carbocycles. The Morgan fingerprint density at radius 1 is 0.935 bits per heavy atom. The molecule has 2 N–H and O–H groups in total. The zero-order valence-corrected chi connectivity index (χ0v) is 19.4. The second kappa shape index (κ2) is 11.4. The van der Waals surface area contributed by atoms with E-state index >= 15 is 0 Å². The van der Waals surface area contributed by atoms with Crippen molar-refractivity contribution >= 4 is 11.6 Å². The molecule has 0 radical (unpaired) electrons. The number of anilines is 1. The highest BCUT2D eigenvalue weighted by molar-refractivity contribution is 5.92. The monoisotopic (exact) mass is 423 g/mol. The second-order valence-corrected chi connectivity index (χ2v) is 9.06. The lowest BCUT2D eigenvalue weighted by molar-refractivity contribution is -0.115. The maximum atomic E-state index is 12.5. The van der Waals surface area contributed by atoms with Crippen LogP contribution in [0, 0.1) is 5.92 Å². The molecular formula is C26H37N3O2. The van der Waals surface area contributed by atoms with Crippen molar-refractivity contribution in [3.05, 3.63) is 65.2 Å². The Morgan fingerprint density at radius 2 is 1.55 bits per heavy atom. The molecule has 0 unspecified atom stereocenters. The number of carbonyl (C=O) groups excluding carboxylic acids is 1. The van der Waals surface area contributed by atoms with Crippen LogP contribution in [0.15, 0.2) is 48.5 Å². The van der Waals surface area contributed by atoms with Crippen LogP contribution in [0.5, 0.6) is 0 Å². The molecule has 168 valence electrons. The first-order valence-corrected chi connectivity index (χ1v) is 11.4. The fourth-order valence-corrected chi connectivity index (χ4v) is 3.95. The number of hydrogen-bond acceptors (Lipinski definition) is 4. The van der Waals surface area contributed by atoms with E-state index in [1.165, 1.54) is 16.7 Å². The minimum Gasteiger partial charge on any atom is -0.379 e. The smallest absolute Gasteiger partial charge is 0.238 e. The summed E-state index contributed by atoms with van der Waals surface area (Å²) in [5, 5.41) is 6.45. The molecule has 2 aromatic carbocycles. The average Bonchev–Trinajstić information content (AvgIpc) is 2.76. The maximum Gasteiger partial charge on any atom is 0.238 e. The summed E-state index contributed by atoms with van der Waals surface area (Å²) in [5.74, 6) is 0.882. The topological polar surface area (TPSA) is 53.6 Å². The van der Waals surface area contributed by atoms with Crippen molar-refractivity contribution < 1.29 is 9.53 Å². The summed E-state index contributed by atoms with van der Waals surface area (Å²) in [4.78, 5) is 14.9. The van der Waals surface area contributed by atoms with Gasteiger partial charge in [-0.1, -0.05) is 64.1 Å². The molecule has 1 fully saturated rings. The number of nitrogens with zero attached hydrogens (tertiary/aromatic N) is 1. The SMILES string of the molecule is CC(C)c1ccc([C@H](NCC(=O)Nc2ccc(CN3CCOCC3)cc2)C(C)C)cc1. The van der Waals surface area contributed by atoms with Crippen LogP contribution in [-0.2, 0) is 16.1 Å². The number of rotatable bonds is 9. The quantitative estimate of drug-likeness (QED) is 0.620. The molecule has 0 bridgehead atoms. The van der Waals surface area contributed by atoms with E-state index in [1.807, 2.05) is 12.1 Å². The third-order valence-electron chi connectivity index (χ3n) is 5.86. The van der Waals surface area contributed by atoms with Crippen LogP contribution >= 0.6 is 0 Å². The van der Waals surface area contributed by atoms with Crippen LogP contribution in [0.3, 0.4) is 0 Å². The van der Waals surface area contributed by atoms with E-state index in [9.17, 15) is 4.79 Å².